The number of hydrogen-bond donors (Lipinski definition) is 2. The number of nitrogens with zero attached hydrogens (tertiary/aromatic N) is 1. The Balaban J connectivity index is 1.67. The van der Waals surface area contributed by atoms with E-state index in [2.05, 4.69) is 10.6 Å². The first-order valence-electron chi connectivity index (χ1n) is 9.09. The molecule has 0 aliphatic carbocycles. The highest BCUT2D eigenvalue weighted by Gasteiger charge is 2.51. The Labute approximate surface area is 163 Å². The molecule has 0 bridgehead atoms. The summed E-state index contributed by atoms with van der Waals surface area (Å²) >= 11 is 0. The quantitative estimate of drug-likeness (QED) is 0.720. The van der Waals surface area contributed by atoms with Gasteiger partial charge in [0.1, 0.15) is 17.8 Å². The van der Waals surface area contributed by atoms with Crippen molar-refractivity contribution in [3.05, 3.63) is 65.7 Å². The molecule has 7 heteroatoms. The molecule has 28 heavy (non-hydrogen) atoms. The summed E-state index contributed by atoms with van der Waals surface area (Å²) in [5, 5.41) is 5.50. The Morgan fingerprint density at radius 2 is 1.89 bits per heavy atom. The summed E-state index contributed by atoms with van der Waals surface area (Å²) in [5.74, 6) is -0.134. The highest BCUT2D eigenvalue weighted by Crippen LogP contribution is 2.32. The summed E-state index contributed by atoms with van der Waals surface area (Å²) in [4.78, 5) is 38.7. The highest BCUT2D eigenvalue weighted by atomic mass is 16.5. The van der Waals surface area contributed by atoms with Gasteiger partial charge in [-0.3, -0.25) is 14.5 Å². The van der Waals surface area contributed by atoms with Crippen LogP contribution in [0.3, 0.4) is 0 Å². The van der Waals surface area contributed by atoms with E-state index in [1.54, 1.807) is 19.2 Å². The predicted octanol–water partition coefficient (Wildman–Crippen LogP) is 2.17. The molecule has 0 saturated carbocycles. The van der Waals surface area contributed by atoms with Crippen molar-refractivity contribution in [1.29, 1.82) is 0 Å². The van der Waals surface area contributed by atoms with E-state index in [0.717, 1.165) is 10.5 Å². The number of amides is 4. The van der Waals surface area contributed by atoms with Crippen LogP contribution in [0.25, 0.3) is 0 Å². The number of ether oxygens (including phenoxy) is 1. The third-order valence-corrected chi connectivity index (χ3v) is 4.90. The van der Waals surface area contributed by atoms with Crippen LogP contribution in [0.1, 0.15) is 24.5 Å². The maximum atomic E-state index is 13.0. The fourth-order valence-corrected chi connectivity index (χ4v) is 3.31. The van der Waals surface area contributed by atoms with Gasteiger partial charge in [0.05, 0.1) is 7.11 Å². The van der Waals surface area contributed by atoms with Crippen LogP contribution in [0.2, 0.25) is 0 Å². The lowest BCUT2D eigenvalue weighted by molar-refractivity contribution is -0.135. The molecule has 1 fully saturated rings. The maximum Gasteiger partial charge on any atom is 0.325 e. The molecule has 2 N–H and O–H groups in total. The van der Waals surface area contributed by atoms with Crippen molar-refractivity contribution in [2.75, 3.05) is 13.7 Å². The topological polar surface area (TPSA) is 87.7 Å². The minimum absolute atomic E-state index is 0.275. The molecule has 1 aliphatic heterocycles. The molecule has 7 nitrogen and oxygen atoms in total. The number of urea groups is 1. The highest BCUT2D eigenvalue weighted by molar-refractivity contribution is 6.09. The van der Waals surface area contributed by atoms with E-state index in [9.17, 15) is 14.4 Å². The minimum atomic E-state index is -1.13. The third-order valence-electron chi connectivity index (χ3n) is 4.90. The van der Waals surface area contributed by atoms with Crippen LogP contribution >= 0.6 is 0 Å². The van der Waals surface area contributed by atoms with Crippen molar-refractivity contribution in [2.24, 2.45) is 0 Å². The van der Waals surface area contributed by atoms with Crippen molar-refractivity contribution in [1.82, 2.24) is 15.5 Å². The SMILES string of the molecule is CCC1(c2ccccc2)NC(=O)N(CC(=O)NCc2cccc(OC)c2)C1=O. The molecule has 146 valence electrons. The summed E-state index contributed by atoms with van der Waals surface area (Å²) < 4.78 is 5.16. The normalized spacial score (nSPS) is 18.7. The molecule has 1 heterocycles. The molecular formula is C21H23N3O4. The molecular weight excluding hydrogens is 358 g/mol. The van der Waals surface area contributed by atoms with Crippen LogP contribution in [-0.2, 0) is 21.7 Å². The Morgan fingerprint density at radius 1 is 1.14 bits per heavy atom. The van der Waals surface area contributed by atoms with Gasteiger partial charge in [0.15, 0.2) is 0 Å². The summed E-state index contributed by atoms with van der Waals surface area (Å²) in [6.45, 7) is 1.78. The zero-order chi connectivity index (χ0) is 20.1. The third kappa shape index (κ3) is 3.69. The second kappa shape index (κ2) is 8.12. The molecule has 1 unspecified atom stereocenters. The molecule has 1 aliphatic rings. The fourth-order valence-electron chi connectivity index (χ4n) is 3.31. The molecule has 0 radical (unpaired) electrons. The summed E-state index contributed by atoms with van der Waals surface area (Å²) in [6, 6.07) is 15.8. The lowest BCUT2D eigenvalue weighted by Crippen LogP contribution is -2.44. The average Bonchev–Trinajstić information content (AvgIpc) is 2.98. The standard InChI is InChI=1S/C21H23N3O4/c1-3-21(16-9-5-4-6-10-16)19(26)24(20(27)23-21)14-18(25)22-13-15-8-7-11-17(12-15)28-2/h4-12H,3,13-14H2,1-2H3,(H,22,25)(H,23,27). The molecule has 3 rings (SSSR count). The summed E-state index contributed by atoms with van der Waals surface area (Å²) in [5.41, 5.74) is 0.429. The smallest absolute Gasteiger partial charge is 0.325 e. The first-order valence-corrected chi connectivity index (χ1v) is 9.09. The summed E-state index contributed by atoms with van der Waals surface area (Å²) in [7, 11) is 1.57. The van der Waals surface area contributed by atoms with Crippen LogP contribution in [0.5, 0.6) is 5.75 Å². The Bertz CT molecular complexity index is 884. The van der Waals surface area contributed by atoms with Crippen molar-refractivity contribution >= 4 is 17.8 Å². The van der Waals surface area contributed by atoms with E-state index in [1.807, 2.05) is 49.4 Å². The number of hydrogen-bond acceptors (Lipinski definition) is 4. The van der Waals surface area contributed by atoms with Gasteiger partial charge in [-0.1, -0.05) is 49.4 Å². The van der Waals surface area contributed by atoms with Gasteiger partial charge in [-0.15, -0.1) is 0 Å². The van der Waals surface area contributed by atoms with Gasteiger partial charge in [-0.25, -0.2) is 4.79 Å². The van der Waals surface area contributed by atoms with Gasteiger partial charge in [-0.2, -0.15) is 0 Å². The Hall–Kier alpha value is -3.35. The number of nitrogens with one attached hydrogen (secondary N) is 2. The van der Waals surface area contributed by atoms with Crippen LogP contribution in [0.15, 0.2) is 54.6 Å². The number of rotatable bonds is 7. The van der Waals surface area contributed by atoms with E-state index in [1.165, 1.54) is 0 Å². The molecule has 1 atom stereocenters. The monoisotopic (exact) mass is 381 g/mol. The van der Waals surface area contributed by atoms with Crippen molar-refractivity contribution in [3.63, 3.8) is 0 Å². The molecule has 0 spiro atoms. The molecule has 0 aromatic heterocycles. The van der Waals surface area contributed by atoms with Crippen molar-refractivity contribution in [3.8, 4) is 5.75 Å². The summed E-state index contributed by atoms with van der Waals surface area (Å²) in [6.07, 6.45) is 0.392. The Morgan fingerprint density at radius 3 is 2.57 bits per heavy atom. The van der Waals surface area contributed by atoms with E-state index < -0.39 is 23.4 Å². The van der Waals surface area contributed by atoms with Crippen LogP contribution < -0.4 is 15.4 Å². The Kier molecular flexibility index (Phi) is 5.63. The van der Waals surface area contributed by atoms with Gasteiger partial charge in [0, 0.05) is 6.54 Å². The number of methoxy groups -OCH3 is 1. The first-order chi connectivity index (χ1) is 13.5. The largest absolute Gasteiger partial charge is 0.497 e. The minimum Gasteiger partial charge on any atom is -0.497 e. The number of carbonyl (C=O) groups is 3. The van der Waals surface area contributed by atoms with E-state index in [4.69, 9.17) is 4.74 Å². The van der Waals surface area contributed by atoms with Crippen LogP contribution in [0, 0.1) is 0 Å². The van der Waals surface area contributed by atoms with Crippen LogP contribution in [0.4, 0.5) is 4.79 Å². The maximum absolute atomic E-state index is 13.0. The molecule has 4 amide bonds. The van der Waals surface area contributed by atoms with Gasteiger partial charge >= 0.3 is 6.03 Å². The van der Waals surface area contributed by atoms with Gasteiger partial charge in [0.2, 0.25) is 5.91 Å². The number of carbonyl (C=O) groups excluding carboxylic acids is 3. The van der Waals surface area contributed by atoms with Gasteiger partial charge < -0.3 is 15.4 Å². The first kappa shape index (κ1) is 19.4. The van der Waals surface area contributed by atoms with Crippen molar-refractivity contribution in [2.45, 2.75) is 25.4 Å². The van der Waals surface area contributed by atoms with E-state index in [-0.39, 0.29) is 13.1 Å². The van der Waals surface area contributed by atoms with E-state index >= 15 is 0 Å². The lowest BCUT2D eigenvalue weighted by atomic mass is 9.87. The van der Waals surface area contributed by atoms with Crippen molar-refractivity contribution < 1.29 is 19.1 Å². The lowest BCUT2D eigenvalue weighted by Gasteiger charge is -2.25. The number of benzene rings is 2. The van der Waals surface area contributed by atoms with Gasteiger partial charge in [-0.05, 0) is 29.7 Å². The second-order valence-electron chi connectivity index (χ2n) is 6.57. The molecule has 2 aromatic rings. The zero-order valence-corrected chi connectivity index (χ0v) is 15.9. The van der Waals surface area contributed by atoms with E-state index in [0.29, 0.717) is 17.7 Å². The van der Waals surface area contributed by atoms with Gasteiger partial charge in [0.25, 0.3) is 5.91 Å². The predicted molar refractivity (Wildman–Crippen MR) is 103 cm³/mol. The van der Waals surface area contributed by atoms with Crippen LogP contribution in [-0.4, -0.2) is 36.4 Å². The molecule has 1 saturated heterocycles. The second-order valence-corrected chi connectivity index (χ2v) is 6.57. The zero-order valence-electron chi connectivity index (χ0n) is 15.9. The molecule has 2 aromatic carbocycles. The fraction of sp³-hybridized carbons (Fsp3) is 0.286. The number of imide groups is 1. The average molecular weight is 381 g/mol.